The zero-order chi connectivity index (χ0) is 17.1. The maximum Gasteiger partial charge on any atom is 0.426 e. The maximum atomic E-state index is 13.6. The van der Waals surface area contributed by atoms with Crippen LogP contribution < -0.4 is 5.43 Å². The molecule has 4 nitrogen and oxygen atoms in total. The van der Waals surface area contributed by atoms with Crippen molar-refractivity contribution in [2.45, 2.75) is 50.5 Å². The highest BCUT2D eigenvalue weighted by Crippen LogP contribution is 2.52. The van der Waals surface area contributed by atoms with E-state index in [1.165, 1.54) is 5.01 Å². The molecule has 1 aliphatic carbocycles. The molecule has 2 aliphatic rings. The molecule has 1 aliphatic heterocycles. The third-order valence-electron chi connectivity index (χ3n) is 4.55. The Bertz CT molecular complexity index is 550. The van der Waals surface area contributed by atoms with Crippen LogP contribution in [-0.2, 0) is 15.3 Å². The van der Waals surface area contributed by atoms with E-state index in [9.17, 15) is 13.2 Å². The molecule has 0 radical (unpaired) electrons. The van der Waals surface area contributed by atoms with Crippen molar-refractivity contribution in [3.8, 4) is 0 Å². The van der Waals surface area contributed by atoms with E-state index >= 15 is 0 Å². The second-order valence-corrected chi connectivity index (χ2v) is 6.05. The summed E-state index contributed by atoms with van der Waals surface area (Å²) in [5.41, 5.74) is 0.942. The molecule has 7 heteroatoms. The van der Waals surface area contributed by atoms with Gasteiger partial charge in [0, 0.05) is 6.04 Å². The van der Waals surface area contributed by atoms with Gasteiger partial charge in [0.2, 0.25) is 5.66 Å². The summed E-state index contributed by atoms with van der Waals surface area (Å²) in [4.78, 5) is 16.2. The largest absolute Gasteiger partial charge is 0.426 e. The second kappa shape index (κ2) is 6.83. The zero-order valence-corrected chi connectivity index (χ0v) is 12.8. The van der Waals surface area contributed by atoms with Gasteiger partial charge in [-0.05, 0) is 37.2 Å². The highest BCUT2D eigenvalue weighted by molar-refractivity contribution is 5.31. The fourth-order valence-electron chi connectivity index (χ4n) is 3.26. The summed E-state index contributed by atoms with van der Waals surface area (Å²) in [6.07, 6.45) is -0.383. The van der Waals surface area contributed by atoms with Crippen LogP contribution >= 0.6 is 0 Å². The Hall–Kier alpha value is -1.69. The van der Waals surface area contributed by atoms with E-state index in [1.807, 2.05) is 0 Å². The van der Waals surface area contributed by atoms with E-state index in [2.05, 4.69) is 12.3 Å². The second-order valence-electron chi connectivity index (χ2n) is 6.05. The number of halogens is 3. The summed E-state index contributed by atoms with van der Waals surface area (Å²) in [5.74, 6) is 0.628. The molecule has 0 aromatic heterocycles. The van der Waals surface area contributed by atoms with Crippen molar-refractivity contribution in [1.82, 2.24) is 10.4 Å². The number of nitrogens with one attached hydrogen (secondary N) is 1. The SMILES string of the molecule is CC1CCC(N2NC2(c2ccccc2)C(F)(F)F)CC1.O=C=O. The molecule has 1 aromatic carbocycles. The van der Waals surface area contributed by atoms with E-state index < -0.39 is 11.8 Å². The molecule has 1 aromatic rings. The number of hydrogen-bond donors (Lipinski definition) is 1. The first kappa shape index (κ1) is 17.7. The average molecular weight is 328 g/mol. The van der Waals surface area contributed by atoms with Gasteiger partial charge in [0.25, 0.3) is 0 Å². The van der Waals surface area contributed by atoms with Gasteiger partial charge in [0.15, 0.2) is 0 Å². The molecule has 2 unspecified atom stereocenters. The van der Waals surface area contributed by atoms with E-state index in [-0.39, 0.29) is 17.8 Å². The van der Waals surface area contributed by atoms with Crippen LogP contribution in [0.25, 0.3) is 0 Å². The smallest absolute Gasteiger partial charge is 0.219 e. The lowest BCUT2D eigenvalue weighted by atomic mass is 9.86. The van der Waals surface area contributed by atoms with Crippen molar-refractivity contribution in [2.24, 2.45) is 5.92 Å². The number of rotatable bonds is 2. The molecule has 0 amide bonds. The lowest BCUT2D eigenvalue weighted by molar-refractivity contribution is -0.191. The Morgan fingerprint density at radius 3 is 2.13 bits per heavy atom. The highest BCUT2D eigenvalue weighted by atomic mass is 19.4. The molecule has 1 heterocycles. The summed E-state index contributed by atoms with van der Waals surface area (Å²) in [6.45, 7) is 2.17. The predicted octanol–water partition coefficient (Wildman–Crippen LogP) is 3.22. The third-order valence-corrected chi connectivity index (χ3v) is 4.55. The Morgan fingerprint density at radius 2 is 1.65 bits per heavy atom. The normalized spacial score (nSPS) is 33.1. The average Bonchev–Trinajstić information content (AvgIpc) is 3.26. The molecule has 0 bridgehead atoms. The molecular weight excluding hydrogens is 309 g/mol. The van der Waals surface area contributed by atoms with E-state index in [1.54, 1.807) is 30.3 Å². The first-order chi connectivity index (χ1) is 10.9. The van der Waals surface area contributed by atoms with Gasteiger partial charge in [-0.15, -0.1) is 0 Å². The summed E-state index contributed by atoms with van der Waals surface area (Å²) in [5, 5.41) is 1.42. The Labute approximate surface area is 132 Å². The molecule has 23 heavy (non-hydrogen) atoms. The molecule has 3 rings (SSSR count). The van der Waals surface area contributed by atoms with Crippen LogP contribution in [0.2, 0.25) is 0 Å². The van der Waals surface area contributed by atoms with Crippen molar-refractivity contribution in [2.75, 3.05) is 0 Å². The molecule has 2 fully saturated rings. The van der Waals surface area contributed by atoms with Crippen LogP contribution in [-0.4, -0.2) is 23.4 Å². The highest BCUT2D eigenvalue weighted by Gasteiger charge is 2.72. The molecule has 126 valence electrons. The van der Waals surface area contributed by atoms with Crippen molar-refractivity contribution in [3.05, 3.63) is 35.9 Å². The van der Waals surface area contributed by atoms with Gasteiger partial charge in [-0.1, -0.05) is 37.3 Å². The van der Waals surface area contributed by atoms with Crippen LogP contribution in [0.15, 0.2) is 30.3 Å². The molecule has 1 saturated carbocycles. The van der Waals surface area contributed by atoms with Crippen LogP contribution in [0, 0.1) is 5.92 Å². The van der Waals surface area contributed by atoms with Crippen LogP contribution in [0.1, 0.15) is 38.2 Å². The number of carbonyl (C=O) groups excluding carboxylic acids is 2. The van der Waals surface area contributed by atoms with E-state index in [0.29, 0.717) is 5.92 Å². The number of alkyl halides is 3. The lowest BCUT2D eigenvalue weighted by Gasteiger charge is -2.29. The standard InChI is InChI=1S/C15H19F3N2.CO2/c1-11-7-9-13(10-8-11)20-14(19-20,15(16,17)18)12-5-3-2-4-6-12;2-1-3/h2-6,11,13,19H,7-10H2,1H3;. The van der Waals surface area contributed by atoms with Crippen molar-refractivity contribution in [1.29, 1.82) is 0 Å². The molecule has 0 spiro atoms. The number of hydrogen-bond acceptors (Lipinski definition) is 4. The van der Waals surface area contributed by atoms with Gasteiger partial charge in [-0.3, -0.25) is 0 Å². The molecular formula is C16H19F3N2O2. The number of nitrogens with zero attached hydrogens (tertiary/aromatic N) is 1. The van der Waals surface area contributed by atoms with Gasteiger partial charge >= 0.3 is 12.3 Å². The lowest BCUT2D eigenvalue weighted by Crippen LogP contribution is -2.39. The number of benzene rings is 1. The fraction of sp³-hybridized carbons (Fsp3) is 0.562. The van der Waals surface area contributed by atoms with Gasteiger partial charge < -0.3 is 0 Å². The minimum Gasteiger partial charge on any atom is -0.219 e. The minimum atomic E-state index is -4.31. The first-order valence-electron chi connectivity index (χ1n) is 7.55. The molecule has 2 atom stereocenters. The monoisotopic (exact) mass is 328 g/mol. The first-order valence-corrected chi connectivity index (χ1v) is 7.55. The quantitative estimate of drug-likeness (QED) is 0.847. The maximum absolute atomic E-state index is 13.6. The van der Waals surface area contributed by atoms with Gasteiger partial charge in [-0.25, -0.2) is 10.4 Å². The van der Waals surface area contributed by atoms with E-state index in [0.717, 1.165) is 25.7 Å². The molecule has 1 saturated heterocycles. The van der Waals surface area contributed by atoms with Gasteiger partial charge in [-0.2, -0.15) is 22.8 Å². The van der Waals surface area contributed by atoms with Crippen LogP contribution in [0.4, 0.5) is 13.2 Å². The molecule has 1 N–H and O–H groups in total. The predicted molar refractivity (Wildman–Crippen MR) is 75.6 cm³/mol. The van der Waals surface area contributed by atoms with Gasteiger partial charge in [0.05, 0.1) is 0 Å². The minimum absolute atomic E-state index is 0.0203. The zero-order valence-electron chi connectivity index (χ0n) is 12.8. The Kier molecular flexibility index (Phi) is 5.24. The number of hydrazine groups is 1. The topological polar surface area (TPSA) is 59.1 Å². The van der Waals surface area contributed by atoms with Crippen molar-refractivity contribution < 1.29 is 22.8 Å². The summed E-state index contributed by atoms with van der Waals surface area (Å²) < 4.78 is 40.7. The van der Waals surface area contributed by atoms with Crippen molar-refractivity contribution >= 4 is 6.15 Å². The summed E-state index contributed by atoms with van der Waals surface area (Å²) in [7, 11) is 0. The Balaban J connectivity index is 0.000000595. The van der Waals surface area contributed by atoms with Gasteiger partial charge in [0.1, 0.15) is 0 Å². The van der Waals surface area contributed by atoms with Crippen LogP contribution in [0.5, 0.6) is 0 Å². The third kappa shape index (κ3) is 3.47. The van der Waals surface area contributed by atoms with E-state index in [4.69, 9.17) is 9.59 Å². The Morgan fingerprint density at radius 1 is 1.13 bits per heavy atom. The summed E-state index contributed by atoms with van der Waals surface area (Å²) >= 11 is 0. The van der Waals surface area contributed by atoms with Crippen LogP contribution in [0.3, 0.4) is 0 Å². The van der Waals surface area contributed by atoms with Crippen molar-refractivity contribution in [3.63, 3.8) is 0 Å². The fourth-order valence-corrected chi connectivity index (χ4v) is 3.26. The summed E-state index contributed by atoms with van der Waals surface area (Å²) in [6, 6.07) is 8.13.